The predicted molar refractivity (Wildman–Crippen MR) is 55.4 cm³/mol. The lowest BCUT2D eigenvalue weighted by Crippen LogP contribution is -2.25. The van der Waals surface area contributed by atoms with Crippen LogP contribution in [0.1, 0.15) is 6.42 Å². The van der Waals surface area contributed by atoms with E-state index in [2.05, 4.69) is 10.1 Å². The van der Waals surface area contributed by atoms with Crippen LogP contribution >= 0.6 is 0 Å². The van der Waals surface area contributed by atoms with Crippen molar-refractivity contribution >= 4 is 11.7 Å². The Bertz CT molecular complexity index is 397. The van der Waals surface area contributed by atoms with Crippen molar-refractivity contribution in [2.24, 2.45) is 10.9 Å². The summed E-state index contributed by atoms with van der Waals surface area (Å²) >= 11 is 0. The Labute approximate surface area is 91.2 Å². The van der Waals surface area contributed by atoms with E-state index in [-0.39, 0.29) is 18.1 Å². The Hall–Kier alpha value is -1.92. The van der Waals surface area contributed by atoms with E-state index < -0.39 is 11.6 Å². The first-order chi connectivity index (χ1) is 7.54. The fourth-order valence-corrected chi connectivity index (χ4v) is 1.13. The van der Waals surface area contributed by atoms with Crippen LogP contribution in [0.15, 0.2) is 17.4 Å². The summed E-state index contributed by atoms with van der Waals surface area (Å²) in [5, 5.41) is 11.1. The molecule has 0 saturated carbocycles. The van der Waals surface area contributed by atoms with Gasteiger partial charge in [-0.1, -0.05) is 5.16 Å². The number of nitrogens with two attached hydrogens (primary N) is 1. The summed E-state index contributed by atoms with van der Waals surface area (Å²) in [5.74, 6) is -1.42. The molecule has 0 aliphatic carbocycles. The van der Waals surface area contributed by atoms with Gasteiger partial charge in [-0.25, -0.2) is 13.8 Å². The molecular weight excluding hydrogens is 218 g/mol. The minimum Gasteiger partial charge on any atom is -0.409 e. The van der Waals surface area contributed by atoms with Gasteiger partial charge in [0.25, 0.3) is 0 Å². The highest BCUT2D eigenvalue weighted by atomic mass is 19.1. The van der Waals surface area contributed by atoms with Gasteiger partial charge in [0.1, 0.15) is 11.7 Å². The fraction of sp³-hybridized carbons (Fsp3) is 0.333. The molecule has 0 aromatic carbocycles. The highest BCUT2D eigenvalue weighted by molar-refractivity contribution is 5.80. The largest absolute Gasteiger partial charge is 0.409 e. The second kappa shape index (κ2) is 5.24. The SMILES string of the molecule is CN(CCC(N)=NO)c1ncc(F)cc1F. The van der Waals surface area contributed by atoms with Gasteiger partial charge < -0.3 is 15.8 Å². The van der Waals surface area contributed by atoms with Gasteiger partial charge in [-0.2, -0.15) is 0 Å². The maximum Gasteiger partial charge on any atom is 0.168 e. The van der Waals surface area contributed by atoms with E-state index in [1.807, 2.05) is 0 Å². The third kappa shape index (κ3) is 3.04. The van der Waals surface area contributed by atoms with Crippen molar-refractivity contribution < 1.29 is 14.0 Å². The summed E-state index contributed by atoms with van der Waals surface area (Å²) in [7, 11) is 1.58. The van der Waals surface area contributed by atoms with Gasteiger partial charge in [-0.05, 0) is 0 Å². The Balaban J connectivity index is 2.69. The zero-order valence-electron chi connectivity index (χ0n) is 8.69. The standard InChI is InChI=1S/C9H12F2N4O/c1-15(3-2-8(12)14-16)9-7(11)4-6(10)5-13-9/h4-5,16H,2-3H2,1H3,(H2,12,14). The number of rotatable bonds is 4. The molecule has 0 amide bonds. The van der Waals surface area contributed by atoms with E-state index in [0.717, 1.165) is 12.3 Å². The second-order valence-corrected chi connectivity index (χ2v) is 3.22. The number of nitrogens with zero attached hydrogens (tertiary/aromatic N) is 3. The predicted octanol–water partition coefficient (Wildman–Crippen LogP) is 0.932. The van der Waals surface area contributed by atoms with Gasteiger partial charge in [0, 0.05) is 26.1 Å². The zero-order valence-corrected chi connectivity index (χ0v) is 8.69. The third-order valence-corrected chi connectivity index (χ3v) is 1.98. The molecule has 1 heterocycles. The lowest BCUT2D eigenvalue weighted by molar-refractivity contribution is 0.317. The molecule has 0 unspecified atom stereocenters. The number of amidine groups is 1. The van der Waals surface area contributed by atoms with Crippen molar-refractivity contribution in [1.82, 2.24) is 4.98 Å². The topological polar surface area (TPSA) is 74.7 Å². The van der Waals surface area contributed by atoms with Gasteiger partial charge >= 0.3 is 0 Å². The normalized spacial score (nSPS) is 11.6. The molecule has 0 spiro atoms. The molecule has 0 saturated heterocycles. The van der Waals surface area contributed by atoms with Crippen molar-refractivity contribution in [2.75, 3.05) is 18.5 Å². The molecule has 0 atom stereocenters. The van der Waals surface area contributed by atoms with E-state index in [1.165, 1.54) is 4.90 Å². The first-order valence-corrected chi connectivity index (χ1v) is 4.53. The molecule has 1 aromatic heterocycles. The van der Waals surface area contributed by atoms with Gasteiger partial charge in [-0.3, -0.25) is 0 Å². The number of hydrogen-bond donors (Lipinski definition) is 2. The van der Waals surface area contributed by atoms with Crippen LogP contribution < -0.4 is 10.6 Å². The molecule has 1 aromatic rings. The van der Waals surface area contributed by atoms with Crippen LogP contribution in [0.3, 0.4) is 0 Å². The van der Waals surface area contributed by atoms with E-state index in [0.29, 0.717) is 6.54 Å². The second-order valence-electron chi connectivity index (χ2n) is 3.22. The van der Waals surface area contributed by atoms with E-state index >= 15 is 0 Å². The van der Waals surface area contributed by atoms with Gasteiger partial charge in [0.05, 0.1) is 6.20 Å². The molecule has 16 heavy (non-hydrogen) atoms. The minimum atomic E-state index is -0.748. The average molecular weight is 230 g/mol. The van der Waals surface area contributed by atoms with Crippen LogP contribution in [0, 0.1) is 11.6 Å². The van der Waals surface area contributed by atoms with Gasteiger partial charge in [0.15, 0.2) is 11.6 Å². The lowest BCUT2D eigenvalue weighted by atomic mass is 10.3. The molecule has 5 nitrogen and oxygen atoms in total. The fourth-order valence-electron chi connectivity index (χ4n) is 1.13. The number of aromatic nitrogens is 1. The van der Waals surface area contributed by atoms with Crippen LogP contribution in [0.4, 0.5) is 14.6 Å². The Morgan fingerprint density at radius 2 is 2.31 bits per heavy atom. The summed E-state index contributed by atoms with van der Waals surface area (Å²) < 4.78 is 25.8. The summed E-state index contributed by atoms with van der Waals surface area (Å²) in [6.45, 7) is 0.311. The molecule has 0 bridgehead atoms. The molecule has 1 rings (SSSR count). The van der Waals surface area contributed by atoms with Crippen molar-refractivity contribution in [1.29, 1.82) is 0 Å². The van der Waals surface area contributed by atoms with E-state index in [1.54, 1.807) is 7.05 Å². The maximum absolute atomic E-state index is 13.3. The van der Waals surface area contributed by atoms with Crippen LogP contribution in [0.5, 0.6) is 0 Å². The lowest BCUT2D eigenvalue weighted by Gasteiger charge is -2.17. The molecule has 0 fully saturated rings. The average Bonchev–Trinajstić information content (AvgIpc) is 2.25. The van der Waals surface area contributed by atoms with Gasteiger partial charge in [-0.15, -0.1) is 0 Å². The van der Waals surface area contributed by atoms with E-state index in [4.69, 9.17) is 10.9 Å². The number of hydrogen-bond acceptors (Lipinski definition) is 4. The maximum atomic E-state index is 13.3. The molecule has 7 heteroatoms. The Morgan fingerprint density at radius 3 is 2.88 bits per heavy atom. The molecule has 0 aliphatic rings. The number of halogens is 2. The summed E-state index contributed by atoms with van der Waals surface area (Å²) in [6.07, 6.45) is 1.18. The van der Waals surface area contributed by atoms with Crippen LogP contribution in [-0.4, -0.2) is 29.6 Å². The first kappa shape index (κ1) is 12.2. The number of oxime groups is 1. The summed E-state index contributed by atoms with van der Waals surface area (Å²) in [6, 6.07) is 0.752. The zero-order chi connectivity index (χ0) is 12.1. The summed E-state index contributed by atoms with van der Waals surface area (Å²) in [4.78, 5) is 5.07. The third-order valence-electron chi connectivity index (χ3n) is 1.98. The van der Waals surface area contributed by atoms with Crippen LogP contribution in [-0.2, 0) is 0 Å². The molecule has 3 N–H and O–H groups in total. The number of pyridine rings is 1. The van der Waals surface area contributed by atoms with Crippen molar-refractivity contribution in [3.63, 3.8) is 0 Å². The first-order valence-electron chi connectivity index (χ1n) is 4.53. The number of anilines is 1. The van der Waals surface area contributed by atoms with Crippen LogP contribution in [0.25, 0.3) is 0 Å². The Kier molecular flexibility index (Phi) is 3.98. The molecule has 88 valence electrons. The minimum absolute atomic E-state index is 0.0205. The smallest absolute Gasteiger partial charge is 0.168 e. The van der Waals surface area contributed by atoms with Crippen molar-refractivity contribution in [3.8, 4) is 0 Å². The molecule has 0 radical (unpaired) electrons. The Morgan fingerprint density at radius 1 is 1.62 bits per heavy atom. The highest BCUT2D eigenvalue weighted by Gasteiger charge is 2.10. The van der Waals surface area contributed by atoms with Crippen molar-refractivity contribution in [2.45, 2.75) is 6.42 Å². The monoisotopic (exact) mass is 230 g/mol. The molecular formula is C9H12F2N4O. The van der Waals surface area contributed by atoms with Gasteiger partial charge in [0.2, 0.25) is 0 Å². The summed E-state index contributed by atoms with van der Waals surface area (Å²) in [5.41, 5.74) is 5.26. The highest BCUT2D eigenvalue weighted by Crippen LogP contribution is 2.15. The quantitative estimate of drug-likeness (QED) is 0.349. The van der Waals surface area contributed by atoms with E-state index in [9.17, 15) is 8.78 Å². The van der Waals surface area contributed by atoms with Crippen LogP contribution in [0.2, 0.25) is 0 Å². The molecule has 0 aliphatic heterocycles. The van der Waals surface area contributed by atoms with Crippen molar-refractivity contribution in [3.05, 3.63) is 23.9 Å².